The third-order valence-electron chi connectivity index (χ3n) is 4.25. The van der Waals surface area contributed by atoms with Crippen molar-refractivity contribution in [3.05, 3.63) is 76.5 Å². The lowest BCUT2D eigenvalue weighted by Crippen LogP contribution is -2.10. The Balaban J connectivity index is 1.78. The van der Waals surface area contributed by atoms with Gasteiger partial charge in [-0.15, -0.1) is 0 Å². The van der Waals surface area contributed by atoms with Crippen LogP contribution in [0.25, 0.3) is 16.8 Å². The average molecular weight is 385 g/mol. The van der Waals surface area contributed by atoms with Gasteiger partial charge in [-0.25, -0.2) is 13.7 Å². The summed E-state index contributed by atoms with van der Waals surface area (Å²) in [6, 6.07) is 13.0. The number of aromatic nitrogens is 4. The Bertz CT molecular complexity index is 1160. The maximum Gasteiger partial charge on any atom is 0.356 e. The van der Waals surface area contributed by atoms with Gasteiger partial charge in [0.2, 0.25) is 0 Å². The van der Waals surface area contributed by atoms with Gasteiger partial charge >= 0.3 is 5.97 Å². The first-order chi connectivity index (χ1) is 12.9. The van der Waals surface area contributed by atoms with Gasteiger partial charge in [0.15, 0.2) is 5.69 Å². The first-order valence-electron chi connectivity index (χ1n) is 8.12. The van der Waals surface area contributed by atoms with Gasteiger partial charge in [-0.1, -0.05) is 11.6 Å². The molecule has 27 heavy (non-hydrogen) atoms. The number of carbonyl (C=O) groups is 1. The Morgan fingerprint density at radius 2 is 1.89 bits per heavy atom. The lowest BCUT2D eigenvalue weighted by molar-refractivity contribution is 0.0689. The molecule has 3 heterocycles. The zero-order valence-corrected chi connectivity index (χ0v) is 15.0. The summed E-state index contributed by atoms with van der Waals surface area (Å²) in [4.78, 5) is 11.1. The number of hydrogen-bond donors (Lipinski definition) is 1. The summed E-state index contributed by atoms with van der Waals surface area (Å²) >= 11 is 6.25. The van der Waals surface area contributed by atoms with Crippen LogP contribution in [0.5, 0.6) is 0 Å². The fourth-order valence-corrected chi connectivity index (χ4v) is 3.17. The largest absolute Gasteiger partial charge is 0.476 e. The maximum absolute atomic E-state index is 13.2. The number of halogens is 2. The van der Waals surface area contributed by atoms with E-state index >= 15 is 0 Å². The van der Waals surface area contributed by atoms with Crippen molar-refractivity contribution in [3.8, 4) is 11.3 Å². The lowest BCUT2D eigenvalue weighted by atomic mass is 10.1. The number of carboxylic acids is 1. The second-order valence-corrected chi connectivity index (χ2v) is 6.61. The van der Waals surface area contributed by atoms with Crippen molar-refractivity contribution in [2.45, 2.75) is 13.5 Å². The molecule has 1 aromatic carbocycles. The van der Waals surface area contributed by atoms with Crippen molar-refractivity contribution in [1.29, 1.82) is 0 Å². The molecule has 0 aliphatic carbocycles. The molecule has 0 saturated heterocycles. The highest BCUT2D eigenvalue weighted by Crippen LogP contribution is 2.24. The summed E-state index contributed by atoms with van der Waals surface area (Å²) in [7, 11) is 0. The molecule has 3 aromatic heterocycles. The van der Waals surface area contributed by atoms with Crippen molar-refractivity contribution in [2.24, 2.45) is 0 Å². The molecule has 4 aromatic rings. The molecule has 0 radical (unpaired) electrons. The number of nitrogens with zero attached hydrogens (tertiary/aromatic N) is 4. The topological polar surface area (TPSA) is 72.4 Å². The standard InChI is InChI=1S/C19H14ClFN4O2/c1-11-6-18(19(26)27)22-24(11)10-16-8-13(20)7-15-9-17(23-25(15)16)12-2-4-14(21)5-3-12/h2-9H,10H2,1H3,(H,26,27). The van der Waals surface area contributed by atoms with Crippen LogP contribution < -0.4 is 0 Å². The van der Waals surface area contributed by atoms with E-state index in [0.717, 1.165) is 16.8 Å². The number of benzene rings is 1. The van der Waals surface area contributed by atoms with Crippen molar-refractivity contribution in [3.63, 3.8) is 0 Å². The normalized spacial score (nSPS) is 11.2. The van der Waals surface area contributed by atoms with Gasteiger partial charge < -0.3 is 5.11 Å². The molecule has 0 spiro atoms. The van der Waals surface area contributed by atoms with E-state index < -0.39 is 5.97 Å². The van der Waals surface area contributed by atoms with Crippen molar-refractivity contribution >= 4 is 23.1 Å². The van der Waals surface area contributed by atoms with E-state index in [-0.39, 0.29) is 11.5 Å². The van der Waals surface area contributed by atoms with Gasteiger partial charge in [0.05, 0.1) is 23.4 Å². The quantitative estimate of drug-likeness (QED) is 0.576. The second-order valence-electron chi connectivity index (χ2n) is 6.17. The Morgan fingerprint density at radius 1 is 1.15 bits per heavy atom. The molecule has 4 rings (SSSR count). The number of aryl methyl sites for hydroxylation is 1. The predicted molar refractivity (Wildman–Crippen MR) is 98.6 cm³/mol. The highest BCUT2D eigenvalue weighted by molar-refractivity contribution is 6.31. The van der Waals surface area contributed by atoms with Gasteiger partial charge in [0.1, 0.15) is 5.82 Å². The molecular formula is C19H14ClFN4O2. The first kappa shape index (κ1) is 17.2. The van der Waals surface area contributed by atoms with Crippen LogP contribution in [0, 0.1) is 12.7 Å². The molecular weight excluding hydrogens is 371 g/mol. The van der Waals surface area contributed by atoms with Gasteiger partial charge in [-0.3, -0.25) is 4.68 Å². The van der Waals surface area contributed by atoms with Crippen LogP contribution in [0.3, 0.4) is 0 Å². The monoisotopic (exact) mass is 384 g/mol. The summed E-state index contributed by atoms with van der Waals surface area (Å²) in [5.41, 5.74) is 3.69. The molecule has 0 unspecified atom stereocenters. The summed E-state index contributed by atoms with van der Waals surface area (Å²) in [5.74, 6) is -1.39. The molecule has 1 N–H and O–H groups in total. The molecule has 0 fully saturated rings. The Kier molecular flexibility index (Phi) is 4.16. The van der Waals surface area contributed by atoms with Gasteiger partial charge in [-0.05, 0) is 55.5 Å². The summed E-state index contributed by atoms with van der Waals surface area (Å²) in [5, 5.41) is 18.4. The second kappa shape index (κ2) is 6.51. The van der Waals surface area contributed by atoms with E-state index in [2.05, 4.69) is 10.2 Å². The number of aromatic carboxylic acids is 1. The fraction of sp³-hybridized carbons (Fsp3) is 0.105. The van der Waals surface area contributed by atoms with Crippen molar-refractivity contribution in [1.82, 2.24) is 19.4 Å². The summed E-state index contributed by atoms with van der Waals surface area (Å²) < 4.78 is 16.5. The molecule has 0 saturated carbocycles. The highest BCUT2D eigenvalue weighted by atomic mass is 35.5. The molecule has 0 bridgehead atoms. The third-order valence-corrected chi connectivity index (χ3v) is 4.47. The zero-order valence-electron chi connectivity index (χ0n) is 14.2. The minimum Gasteiger partial charge on any atom is -0.476 e. The van der Waals surface area contributed by atoms with Crippen LogP contribution in [0.1, 0.15) is 21.9 Å². The van der Waals surface area contributed by atoms with E-state index in [1.165, 1.54) is 18.2 Å². The van der Waals surface area contributed by atoms with E-state index in [1.807, 2.05) is 6.07 Å². The maximum atomic E-state index is 13.2. The van der Waals surface area contributed by atoms with Gasteiger partial charge in [0.25, 0.3) is 0 Å². The minimum absolute atomic E-state index is 0.0155. The Morgan fingerprint density at radius 3 is 2.56 bits per heavy atom. The predicted octanol–water partition coefficient (Wildman–Crippen LogP) is 4.05. The van der Waals surface area contributed by atoms with Crippen LogP contribution in [-0.2, 0) is 6.54 Å². The van der Waals surface area contributed by atoms with Crippen LogP contribution >= 0.6 is 11.6 Å². The zero-order chi connectivity index (χ0) is 19.1. The molecule has 6 nitrogen and oxygen atoms in total. The van der Waals surface area contributed by atoms with E-state index in [4.69, 9.17) is 16.7 Å². The summed E-state index contributed by atoms with van der Waals surface area (Å²) in [6.45, 7) is 2.09. The lowest BCUT2D eigenvalue weighted by Gasteiger charge is -2.08. The number of hydrogen-bond acceptors (Lipinski definition) is 3. The number of rotatable bonds is 4. The first-order valence-corrected chi connectivity index (χ1v) is 8.50. The Labute approximate surface area is 158 Å². The molecule has 136 valence electrons. The molecule has 0 aliphatic rings. The summed E-state index contributed by atoms with van der Waals surface area (Å²) in [6.07, 6.45) is 0. The number of pyridine rings is 1. The molecule has 0 amide bonds. The van der Waals surface area contributed by atoms with E-state index in [9.17, 15) is 9.18 Å². The number of fused-ring (bicyclic) bond motifs is 1. The highest BCUT2D eigenvalue weighted by Gasteiger charge is 2.14. The van der Waals surface area contributed by atoms with Crippen molar-refractivity contribution < 1.29 is 14.3 Å². The molecule has 0 aliphatic heterocycles. The van der Waals surface area contributed by atoms with Gasteiger partial charge in [-0.2, -0.15) is 10.2 Å². The van der Waals surface area contributed by atoms with Crippen LogP contribution in [-0.4, -0.2) is 30.5 Å². The molecule has 0 atom stereocenters. The van der Waals surface area contributed by atoms with E-state index in [1.54, 1.807) is 40.4 Å². The Hall–Kier alpha value is -3.19. The SMILES string of the molecule is Cc1cc(C(=O)O)nn1Cc1cc(Cl)cc2cc(-c3ccc(F)cc3)nn12. The minimum atomic E-state index is -1.08. The number of carboxylic acid groups (broad SMARTS) is 1. The fourth-order valence-electron chi connectivity index (χ4n) is 2.93. The van der Waals surface area contributed by atoms with Crippen LogP contribution in [0.15, 0.2) is 48.5 Å². The third kappa shape index (κ3) is 3.29. The van der Waals surface area contributed by atoms with Crippen LogP contribution in [0.2, 0.25) is 5.02 Å². The average Bonchev–Trinajstić information content (AvgIpc) is 3.20. The smallest absolute Gasteiger partial charge is 0.356 e. The van der Waals surface area contributed by atoms with Crippen molar-refractivity contribution in [2.75, 3.05) is 0 Å². The van der Waals surface area contributed by atoms with E-state index in [0.29, 0.717) is 23.0 Å². The van der Waals surface area contributed by atoms with Gasteiger partial charge in [0, 0.05) is 16.3 Å². The van der Waals surface area contributed by atoms with Crippen LogP contribution in [0.4, 0.5) is 4.39 Å². The molecule has 8 heteroatoms.